The minimum atomic E-state index is -0.594. The topological polar surface area (TPSA) is 71.8 Å². The first-order chi connectivity index (χ1) is 13.2. The Labute approximate surface area is 156 Å². The van der Waals surface area contributed by atoms with Crippen molar-refractivity contribution in [3.8, 4) is 5.69 Å². The van der Waals surface area contributed by atoms with Gasteiger partial charge in [-0.1, -0.05) is 30.3 Å². The second kappa shape index (κ2) is 7.28. The van der Waals surface area contributed by atoms with E-state index in [9.17, 15) is 9.18 Å². The number of nitrogens with one attached hydrogen (secondary N) is 2. The summed E-state index contributed by atoms with van der Waals surface area (Å²) in [6.45, 7) is 1.53. The molecule has 0 atom stereocenters. The summed E-state index contributed by atoms with van der Waals surface area (Å²) in [6.07, 6.45) is 3.51. The maximum absolute atomic E-state index is 14.0. The summed E-state index contributed by atoms with van der Waals surface area (Å²) in [7, 11) is 0. The molecule has 138 valence electrons. The van der Waals surface area contributed by atoms with E-state index in [0.29, 0.717) is 31.6 Å². The molecule has 2 N–H and O–H groups in total. The molecule has 2 heterocycles. The summed E-state index contributed by atoms with van der Waals surface area (Å²) in [5.74, 6) is -0.315. The van der Waals surface area contributed by atoms with Crippen LogP contribution in [0.5, 0.6) is 0 Å². The average molecular weight is 365 g/mol. The zero-order valence-electron chi connectivity index (χ0n) is 14.7. The Kier molecular flexibility index (Phi) is 4.68. The second-order valence-corrected chi connectivity index (χ2v) is 6.84. The molecule has 3 aromatic rings. The van der Waals surface area contributed by atoms with Crippen molar-refractivity contribution in [2.24, 2.45) is 5.41 Å². The van der Waals surface area contributed by atoms with Gasteiger partial charge in [-0.3, -0.25) is 4.79 Å². The van der Waals surface area contributed by atoms with Gasteiger partial charge < -0.3 is 10.6 Å². The molecule has 1 saturated heterocycles. The first kappa shape index (κ1) is 17.4. The number of carbonyl (C=O) groups excluding carboxylic acids is 1. The number of amides is 1. The van der Waals surface area contributed by atoms with E-state index in [2.05, 4.69) is 20.7 Å². The summed E-state index contributed by atoms with van der Waals surface area (Å²) < 4.78 is 15.7. The molecular formula is C20H20FN5O. The van der Waals surface area contributed by atoms with E-state index in [1.807, 2.05) is 24.3 Å². The highest BCUT2D eigenvalue weighted by molar-refractivity contribution is 5.84. The van der Waals surface area contributed by atoms with Crippen molar-refractivity contribution in [2.75, 3.05) is 13.1 Å². The molecule has 0 unspecified atom stereocenters. The Bertz CT molecular complexity index is 920. The fourth-order valence-electron chi connectivity index (χ4n) is 3.28. The van der Waals surface area contributed by atoms with Crippen molar-refractivity contribution < 1.29 is 9.18 Å². The maximum Gasteiger partial charge on any atom is 0.229 e. The summed E-state index contributed by atoms with van der Waals surface area (Å²) >= 11 is 0. The Balaban J connectivity index is 1.40. The predicted molar refractivity (Wildman–Crippen MR) is 98.6 cm³/mol. The van der Waals surface area contributed by atoms with Gasteiger partial charge in [-0.15, -0.1) is 0 Å². The van der Waals surface area contributed by atoms with Crippen LogP contribution in [0.3, 0.4) is 0 Å². The van der Waals surface area contributed by atoms with Crippen LogP contribution in [-0.2, 0) is 17.8 Å². The molecule has 1 aromatic heterocycles. The Morgan fingerprint density at radius 3 is 2.59 bits per heavy atom. The number of halogens is 1. The van der Waals surface area contributed by atoms with Gasteiger partial charge in [0.1, 0.15) is 18.5 Å². The van der Waals surface area contributed by atoms with Crippen LogP contribution in [0.4, 0.5) is 4.39 Å². The lowest BCUT2D eigenvalue weighted by molar-refractivity contribution is -0.134. The second-order valence-electron chi connectivity index (χ2n) is 6.84. The van der Waals surface area contributed by atoms with E-state index in [-0.39, 0.29) is 11.7 Å². The zero-order chi connectivity index (χ0) is 18.7. The van der Waals surface area contributed by atoms with E-state index in [1.165, 1.54) is 12.4 Å². The van der Waals surface area contributed by atoms with Gasteiger partial charge in [0, 0.05) is 19.6 Å². The molecule has 4 rings (SSSR count). The van der Waals surface area contributed by atoms with Crippen molar-refractivity contribution in [1.29, 1.82) is 0 Å². The SMILES string of the molecule is O=C(NCc1ccc(-n2cncn2)cc1)C1(Cc2ccccc2F)CNC1. The third-order valence-corrected chi connectivity index (χ3v) is 4.97. The molecule has 0 bridgehead atoms. The van der Waals surface area contributed by atoms with Gasteiger partial charge in [-0.25, -0.2) is 14.1 Å². The number of hydrogen-bond acceptors (Lipinski definition) is 4. The Morgan fingerprint density at radius 2 is 1.96 bits per heavy atom. The standard InChI is InChI=1S/C20H20FN5O/c21-18-4-2-1-3-16(18)9-20(11-22-12-20)19(27)24-10-15-5-7-17(8-6-15)26-14-23-13-25-26/h1-8,13-14,22H,9-12H2,(H,24,27). The molecule has 1 fully saturated rings. The molecule has 6 nitrogen and oxygen atoms in total. The molecule has 0 spiro atoms. The van der Waals surface area contributed by atoms with Gasteiger partial charge in [0.15, 0.2) is 0 Å². The van der Waals surface area contributed by atoms with Gasteiger partial charge in [-0.2, -0.15) is 5.10 Å². The molecule has 27 heavy (non-hydrogen) atoms. The minimum Gasteiger partial charge on any atom is -0.351 e. The van der Waals surface area contributed by atoms with E-state index < -0.39 is 5.41 Å². The smallest absolute Gasteiger partial charge is 0.229 e. The van der Waals surface area contributed by atoms with E-state index in [4.69, 9.17) is 0 Å². The van der Waals surface area contributed by atoms with Gasteiger partial charge in [-0.05, 0) is 35.7 Å². The number of hydrogen-bond donors (Lipinski definition) is 2. The van der Waals surface area contributed by atoms with Crippen LogP contribution < -0.4 is 10.6 Å². The summed E-state index contributed by atoms with van der Waals surface area (Å²) in [5, 5.41) is 10.2. The summed E-state index contributed by atoms with van der Waals surface area (Å²) in [5.41, 5.74) is 1.87. The molecular weight excluding hydrogens is 345 g/mol. The number of aromatic nitrogens is 3. The van der Waals surface area contributed by atoms with Crippen molar-refractivity contribution >= 4 is 5.91 Å². The van der Waals surface area contributed by atoms with E-state index in [0.717, 1.165) is 11.3 Å². The average Bonchev–Trinajstić information content (AvgIpc) is 3.19. The first-order valence-corrected chi connectivity index (χ1v) is 8.83. The molecule has 0 aliphatic carbocycles. The molecule has 2 aromatic carbocycles. The first-order valence-electron chi connectivity index (χ1n) is 8.83. The van der Waals surface area contributed by atoms with Gasteiger partial charge in [0.25, 0.3) is 0 Å². The van der Waals surface area contributed by atoms with Crippen molar-refractivity contribution in [3.63, 3.8) is 0 Å². The highest BCUT2D eigenvalue weighted by Gasteiger charge is 2.44. The number of rotatable bonds is 6. The van der Waals surface area contributed by atoms with Crippen LogP contribution in [-0.4, -0.2) is 33.8 Å². The monoisotopic (exact) mass is 365 g/mol. The lowest BCUT2D eigenvalue weighted by Gasteiger charge is -2.41. The molecule has 0 saturated carbocycles. The van der Waals surface area contributed by atoms with E-state index >= 15 is 0 Å². The molecule has 1 aliphatic rings. The molecule has 1 amide bonds. The van der Waals surface area contributed by atoms with Crippen molar-refractivity contribution in [1.82, 2.24) is 25.4 Å². The molecule has 0 radical (unpaired) electrons. The maximum atomic E-state index is 14.0. The normalized spacial score (nSPS) is 15.1. The van der Waals surface area contributed by atoms with Crippen LogP contribution in [0, 0.1) is 11.2 Å². The fraction of sp³-hybridized carbons (Fsp3) is 0.250. The lowest BCUT2D eigenvalue weighted by atomic mass is 9.75. The zero-order valence-corrected chi connectivity index (χ0v) is 14.7. The number of carbonyl (C=O) groups is 1. The number of benzene rings is 2. The minimum absolute atomic E-state index is 0.0511. The van der Waals surface area contributed by atoms with Crippen LogP contribution in [0.1, 0.15) is 11.1 Å². The van der Waals surface area contributed by atoms with Crippen LogP contribution in [0.15, 0.2) is 61.2 Å². The predicted octanol–water partition coefficient (Wildman–Crippen LogP) is 1.85. The van der Waals surface area contributed by atoms with Crippen molar-refractivity contribution in [2.45, 2.75) is 13.0 Å². The summed E-state index contributed by atoms with van der Waals surface area (Å²) in [6, 6.07) is 14.4. The fourth-order valence-corrected chi connectivity index (χ4v) is 3.28. The van der Waals surface area contributed by atoms with Crippen molar-refractivity contribution in [3.05, 3.63) is 78.1 Å². The van der Waals surface area contributed by atoms with Gasteiger partial charge in [0.2, 0.25) is 5.91 Å². The van der Waals surface area contributed by atoms with Crippen LogP contribution in [0.2, 0.25) is 0 Å². The Hall–Kier alpha value is -3.06. The molecule has 1 aliphatic heterocycles. The summed E-state index contributed by atoms with van der Waals surface area (Å²) in [4.78, 5) is 16.7. The highest BCUT2D eigenvalue weighted by atomic mass is 19.1. The highest BCUT2D eigenvalue weighted by Crippen LogP contribution is 2.29. The molecule has 7 heteroatoms. The van der Waals surface area contributed by atoms with E-state index in [1.54, 1.807) is 29.2 Å². The van der Waals surface area contributed by atoms with Crippen LogP contribution >= 0.6 is 0 Å². The third-order valence-electron chi connectivity index (χ3n) is 4.97. The Morgan fingerprint density at radius 1 is 1.19 bits per heavy atom. The lowest BCUT2D eigenvalue weighted by Crippen LogP contribution is -2.62. The van der Waals surface area contributed by atoms with Gasteiger partial charge in [0.05, 0.1) is 11.1 Å². The largest absolute Gasteiger partial charge is 0.351 e. The number of nitrogens with zero attached hydrogens (tertiary/aromatic N) is 3. The third kappa shape index (κ3) is 3.59. The van der Waals surface area contributed by atoms with Crippen LogP contribution in [0.25, 0.3) is 5.69 Å². The quantitative estimate of drug-likeness (QED) is 0.699. The van der Waals surface area contributed by atoms with Gasteiger partial charge >= 0.3 is 0 Å².